The highest BCUT2D eigenvalue weighted by molar-refractivity contribution is 9.10. The topological polar surface area (TPSA) is 35.2 Å². The lowest BCUT2D eigenvalue weighted by atomic mass is 10.2. The standard InChI is InChI=1S/C14H11Br2NOS/c1-8-6-10(3-4-12(8)16)18-13-5-2-9(15)7-11(13)14(17)19/h2-7H,1H3,(H2,17,19). The van der Waals surface area contributed by atoms with Crippen LogP contribution in [0.5, 0.6) is 11.5 Å². The van der Waals surface area contributed by atoms with Gasteiger partial charge in [-0.25, -0.2) is 0 Å². The second-order valence-electron chi connectivity index (χ2n) is 4.02. The van der Waals surface area contributed by atoms with Crippen LogP contribution >= 0.6 is 44.1 Å². The number of nitrogens with two attached hydrogens (primary N) is 1. The molecule has 2 aromatic carbocycles. The minimum Gasteiger partial charge on any atom is -0.457 e. The molecule has 0 fully saturated rings. The summed E-state index contributed by atoms with van der Waals surface area (Å²) in [5.41, 5.74) is 7.53. The van der Waals surface area contributed by atoms with Gasteiger partial charge in [0, 0.05) is 8.95 Å². The fourth-order valence-electron chi connectivity index (χ4n) is 1.59. The smallest absolute Gasteiger partial charge is 0.137 e. The van der Waals surface area contributed by atoms with E-state index in [-0.39, 0.29) is 0 Å². The lowest BCUT2D eigenvalue weighted by Gasteiger charge is -2.11. The van der Waals surface area contributed by atoms with Crippen LogP contribution < -0.4 is 10.5 Å². The molecular weight excluding hydrogens is 390 g/mol. The van der Waals surface area contributed by atoms with Crippen LogP contribution in [0.25, 0.3) is 0 Å². The number of benzene rings is 2. The number of rotatable bonds is 3. The molecule has 5 heteroatoms. The summed E-state index contributed by atoms with van der Waals surface area (Å²) in [6.07, 6.45) is 0. The van der Waals surface area contributed by atoms with Crippen molar-refractivity contribution in [1.82, 2.24) is 0 Å². The summed E-state index contributed by atoms with van der Waals surface area (Å²) in [6.45, 7) is 2.01. The Morgan fingerprint density at radius 2 is 1.89 bits per heavy atom. The van der Waals surface area contributed by atoms with E-state index in [9.17, 15) is 0 Å². The number of halogens is 2. The summed E-state index contributed by atoms with van der Waals surface area (Å²) in [5, 5.41) is 0. The Balaban J connectivity index is 2.37. The molecule has 98 valence electrons. The molecule has 0 aliphatic carbocycles. The first-order valence-electron chi connectivity index (χ1n) is 5.51. The van der Waals surface area contributed by atoms with Gasteiger partial charge in [-0.1, -0.05) is 44.1 Å². The Morgan fingerprint density at radius 1 is 1.16 bits per heavy atom. The third-order valence-electron chi connectivity index (χ3n) is 2.56. The minimum atomic E-state index is 0.310. The van der Waals surface area contributed by atoms with Crippen LogP contribution in [-0.2, 0) is 0 Å². The first kappa shape index (κ1) is 14.5. The van der Waals surface area contributed by atoms with E-state index in [4.69, 9.17) is 22.7 Å². The fourth-order valence-corrected chi connectivity index (χ4v) is 2.36. The van der Waals surface area contributed by atoms with Gasteiger partial charge in [-0.3, -0.25) is 0 Å². The molecule has 2 rings (SSSR count). The molecule has 2 aromatic rings. The van der Waals surface area contributed by atoms with Crippen molar-refractivity contribution < 1.29 is 4.74 Å². The maximum absolute atomic E-state index is 5.85. The Hall–Kier alpha value is -0.910. The number of hydrogen-bond acceptors (Lipinski definition) is 2. The third kappa shape index (κ3) is 3.55. The van der Waals surface area contributed by atoms with Crippen molar-refractivity contribution >= 4 is 49.1 Å². The molecule has 0 spiro atoms. The molecule has 0 saturated heterocycles. The molecule has 2 nitrogen and oxygen atoms in total. The molecule has 0 amide bonds. The maximum Gasteiger partial charge on any atom is 0.137 e. The monoisotopic (exact) mass is 399 g/mol. The quantitative estimate of drug-likeness (QED) is 0.740. The summed E-state index contributed by atoms with van der Waals surface area (Å²) < 4.78 is 7.81. The number of hydrogen-bond donors (Lipinski definition) is 1. The van der Waals surface area contributed by atoms with Crippen molar-refractivity contribution in [3.8, 4) is 11.5 Å². The largest absolute Gasteiger partial charge is 0.457 e. The van der Waals surface area contributed by atoms with E-state index in [2.05, 4.69) is 31.9 Å². The van der Waals surface area contributed by atoms with Crippen molar-refractivity contribution in [2.45, 2.75) is 6.92 Å². The van der Waals surface area contributed by atoms with E-state index in [0.717, 1.165) is 20.3 Å². The molecule has 0 aliphatic rings. The van der Waals surface area contributed by atoms with E-state index in [1.54, 1.807) is 0 Å². The van der Waals surface area contributed by atoms with Gasteiger partial charge in [0.25, 0.3) is 0 Å². The first-order valence-corrected chi connectivity index (χ1v) is 7.50. The molecule has 0 atom stereocenters. The molecule has 0 radical (unpaired) electrons. The summed E-state index contributed by atoms with van der Waals surface area (Å²) >= 11 is 11.9. The minimum absolute atomic E-state index is 0.310. The number of thiocarbonyl (C=S) groups is 1. The van der Waals surface area contributed by atoms with Gasteiger partial charge in [0.2, 0.25) is 0 Å². The van der Waals surface area contributed by atoms with Gasteiger partial charge in [0.15, 0.2) is 0 Å². The van der Waals surface area contributed by atoms with E-state index >= 15 is 0 Å². The van der Waals surface area contributed by atoms with Crippen LogP contribution in [-0.4, -0.2) is 4.99 Å². The highest BCUT2D eigenvalue weighted by Gasteiger charge is 2.09. The average Bonchev–Trinajstić information content (AvgIpc) is 2.36. The molecule has 0 aromatic heterocycles. The Labute approximate surface area is 134 Å². The van der Waals surface area contributed by atoms with Crippen LogP contribution in [0.2, 0.25) is 0 Å². The number of aryl methyl sites for hydroxylation is 1. The Morgan fingerprint density at radius 3 is 2.53 bits per heavy atom. The van der Waals surface area contributed by atoms with E-state index in [0.29, 0.717) is 16.3 Å². The van der Waals surface area contributed by atoms with Crippen LogP contribution in [0.3, 0.4) is 0 Å². The molecule has 0 unspecified atom stereocenters. The molecule has 0 saturated carbocycles. The van der Waals surface area contributed by atoms with Gasteiger partial charge in [0.05, 0.1) is 5.56 Å². The molecular formula is C14H11Br2NOS. The second kappa shape index (κ2) is 6.03. The lowest BCUT2D eigenvalue weighted by Crippen LogP contribution is -2.10. The zero-order valence-corrected chi connectivity index (χ0v) is 14.1. The second-order valence-corrected chi connectivity index (χ2v) is 6.23. The van der Waals surface area contributed by atoms with Crippen molar-refractivity contribution in [2.75, 3.05) is 0 Å². The van der Waals surface area contributed by atoms with Crippen molar-refractivity contribution in [3.05, 3.63) is 56.5 Å². The molecule has 19 heavy (non-hydrogen) atoms. The zero-order chi connectivity index (χ0) is 14.0. The predicted octanol–water partition coefficient (Wildman–Crippen LogP) is 4.95. The number of ether oxygens (including phenoxy) is 1. The highest BCUT2D eigenvalue weighted by atomic mass is 79.9. The van der Waals surface area contributed by atoms with Gasteiger partial charge >= 0.3 is 0 Å². The molecule has 0 heterocycles. The Kier molecular flexibility index (Phi) is 4.60. The SMILES string of the molecule is Cc1cc(Oc2ccc(Br)cc2C(N)=S)ccc1Br. The van der Waals surface area contributed by atoms with Crippen molar-refractivity contribution in [2.24, 2.45) is 5.73 Å². The summed E-state index contributed by atoms with van der Waals surface area (Å²) in [7, 11) is 0. The van der Waals surface area contributed by atoms with Crippen LogP contribution in [0.15, 0.2) is 45.3 Å². The van der Waals surface area contributed by atoms with Crippen molar-refractivity contribution in [3.63, 3.8) is 0 Å². The predicted molar refractivity (Wildman–Crippen MR) is 89.0 cm³/mol. The molecule has 0 bridgehead atoms. The van der Waals surface area contributed by atoms with Crippen molar-refractivity contribution in [1.29, 1.82) is 0 Å². The highest BCUT2D eigenvalue weighted by Crippen LogP contribution is 2.30. The van der Waals surface area contributed by atoms with Crippen LogP contribution in [0, 0.1) is 6.92 Å². The van der Waals surface area contributed by atoms with Gasteiger partial charge in [-0.05, 0) is 48.9 Å². The third-order valence-corrected chi connectivity index (χ3v) is 4.17. The average molecular weight is 401 g/mol. The Bertz CT molecular complexity index is 643. The van der Waals surface area contributed by atoms with Crippen LogP contribution in [0.1, 0.15) is 11.1 Å². The van der Waals surface area contributed by atoms with E-state index in [1.165, 1.54) is 0 Å². The van der Waals surface area contributed by atoms with E-state index in [1.807, 2.05) is 43.3 Å². The van der Waals surface area contributed by atoms with Gasteiger partial charge < -0.3 is 10.5 Å². The summed E-state index contributed by atoms with van der Waals surface area (Å²) in [5.74, 6) is 1.40. The van der Waals surface area contributed by atoms with Gasteiger partial charge in [0.1, 0.15) is 16.5 Å². The van der Waals surface area contributed by atoms with E-state index < -0.39 is 0 Å². The van der Waals surface area contributed by atoms with Crippen LogP contribution in [0.4, 0.5) is 0 Å². The zero-order valence-electron chi connectivity index (χ0n) is 10.1. The first-order chi connectivity index (χ1) is 8.97. The summed E-state index contributed by atoms with van der Waals surface area (Å²) in [4.78, 5) is 0.310. The lowest BCUT2D eigenvalue weighted by molar-refractivity contribution is 0.481. The maximum atomic E-state index is 5.85. The van der Waals surface area contributed by atoms with Gasteiger partial charge in [-0.15, -0.1) is 0 Å². The normalized spacial score (nSPS) is 10.3. The van der Waals surface area contributed by atoms with Gasteiger partial charge in [-0.2, -0.15) is 0 Å². The fraction of sp³-hybridized carbons (Fsp3) is 0.0714. The molecule has 2 N–H and O–H groups in total. The summed E-state index contributed by atoms with van der Waals surface area (Å²) in [6, 6.07) is 11.4. The molecule has 0 aliphatic heterocycles.